The molecule has 1 saturated heterocycles. The molecular weight excluding hydrogens is 242 g/mol. The highest BCUT2D eigenvalue weighted by atomic mass is 16.6. The molecule has 4 nitrogen and oxygen atoms in total. The molecule has 4 heteroatoms. The largest absolute Gasteiger partial charge is 0.444 e. The maximum absolute atomic E-state index is 12.4. The molecule has 1 heterocycles. The van der Waals surface area contributed by atoms with E-state index in [2.05, 4.69) is 6.58 Å². The zero-order valence-electron chi connectivity index (χ0n) is 12.7. The third-order valence-corrected chi connectivity index (χ3v) is 3.61. The maximum atomic E-state index is 12.4. The van der Waals surface area contributed by atoms with Crippen molar-refractivity contribution < 1.29 is 14.3 Å². The van der Waals surface area contributed by atoms with E-state index in [1.807, 2.05) is 34.6 Å². The summed E-state index contributed by atoms with van der Waals surface area (Å²) in [6.07, 6.45) is 2.04. The Hall–Kier alpha value is -1.03. The maximum Gasteiger partial charge on any atom is 0.413 e. The summed E-state index contributed by atoms with van der Waals surface area (Å²) in [6, 6.07) is -0.0580. The molecular formula is C15H25NO3. The monoisotopic (exact) mass is 267 g/mol. The van der Waals surface area contributed by atoms with Gasteiger partial charge in [0.2, 0.25) is 0 Å². The second kappa shape index (κ2) is 4.51. The minimum Gasteiger partial charge on any atom is -0.444 e. The third kappa shape index (κ3) is 3.11. The van der Waals surface area contributed by atoms with Crippen LogP contribution in [0, 0.1) is 5.92 Å². The first-order valence-electron chi connectivity index (χ1n) is 6.97. The zero-order valence-corrected chi connectivity index (χ0v) is 12.7. The van der Waals surface area contributed by atoms with Gasteiger partial charge < -0.3 is 9.47 Å². The summed E-state index contributed by atoms with van der Waals surface area (Å²) in [6.45, 7) is 14.1. The lowest BCUT2D eigenvalue weighted by Gasteiger charge is -2.35. The van der Waals surface area contributed by atoms with Crippen LogP contribution in [0.4, 0.5) is 4.79 Å². The molecule has 1 atom stereocenters. The normalized spacial score (nSPS) is 26.4. The molecule has 0 aromatic carbocycles. The highest BCUT2D eigenvalue weighted by Gasteiger charge is 2.48. The number of hydrogen-bond acceptors (Lipinski definition) is 3. The molecule has 1 aliphatic heterocycles. The average molecular weight is 267 g/mol. The van der Waals surface area contributed by atoms with Crippen LogP contribution >= 0.6 is 0 Å². The molecule has 108 valence electrons. The Morgan fingerprint density at radius 2 is 1.95 bits per heavy atom. The molecule has 19 heavy (non-hydrogen) atoms. The van der Waals surface area contributed by atoms with Crippen molar-refractivity contribution in [3.05, 3.63) is 12.2 Å². The van der Waals surface area contributed by atoms with E-state index < -0.39 is 11.3 Å². The van der Waals surface area contributed by atoms with Gasteiger partial charge in [0, 0.05) is 0 Å². The van der Waals surface area contributed by atoms with E-state index in [9.17, 15) is 4.79 Å². The fraction of sp³-hybridized carbons (Fsp3) is 0.800. The van der Waals surface area contributed by atoms with Crippen molar-refractivity contribution in [3.8, 4) is 0 Å². The van der Waals surface area contributed by atoms with Crippen molar-refractivity contribution in [2.24, 2.45) is 5.92 Å². The number of hydrogen-bond donors (Lipinski definition) is 0. The van der Waals surface area contributed by atoms with E-state index in [1.165, 1.54) is 12.8 Å². The van der Waals surface area contributed by atoms with Gasteiger partial charge in [-0.3, -0.25) is 4.90 Å². The lowest BCUT2D eigenvalue weighted by atomic mass is 10.0. The summed E-state index contributed by atoms with van der Waals surface area (Å²) in [7, 11) is 0. The van der Waals surface area contributed by atoms with Gasteiger partial charge in [-0.2, -0.15) is 0 Å². The Balaban J connectivity index is 2.16. The topological polar surface area (TPSA) is 38.8 Å². The molecule has 0 spiro atoms. The van der Waals surface area contributed by atoms with Crippen LogP contribution in [0.3, 0.4) is 0 Å². The minimum atomic E-state index is -0.634. The van der Waals surface area contributed by atoms with Crippen molar-refractivity contribution in [3.63, 3.8) is 0 Å². The summed E-state index contributed by atoms with van der Waals surface area (Å²) in [5.74, 6) is 0.549. The summed E-state index contributed by atoms with van der Waals surface area (Å²) in [5, 5.41) is 0. The number of carbonyl (C=O) groups excluding carboxylic acids is 1. The van der Waals surface area contributed by atoms with E-state index in [0.717, 1.165) is 5.57 Å². The first-order chi connectivity index (χ1) is 8.62. The molecule has 1 saturated carbocycles. The van der Waals surface area contributed by atoms with Crippen molar-refractivity contribution >= 4 is 6.09 Å². The molecule has 1 unspecified atom stereocenters. The predicted molar refractivity (Wildman–Crippen MR) is 73.8 cm³/mol. The molecule has 0 aromatic rings. The molecule has 0 bridgehead atoms. The summed E-state index contributed by atoms with van der Waals surface area (Å²) < 4.78 is 11.3. The van der Waals surface area contributed by atoms with Crippen molar-refractivity contribution in [2.75, 3.05) is 6.61 Å². The van der Waals surface area contributed by atoms with E-state index in [-0.39, 0.29) is 12.1 Å². The number of ether oxygens (including phenoxy) is 2. The van der Waals surface area contributed by atoms with Crippen molar-refractivity contribution in [1.29, 1.82) is 0 Å². The van der Waals surface area contributed by atoms with Gasteiger partial charge in [0.1, 0.15) is 11.3 Å². The van der Waals surface area contributed by atoms with Crippen LogP contribution in [0.25, 0.3) is 0 Å². The van der Waals surface area contributed by atoms with Crippen LogP contribution in [0.2, 0.25) is 0 Å². The van der Waals surface area contributed by atoms with Gasteiger partial charge in [0.15, 0.2) is 0 Å². The third-order valence-electron chi connectivity index (χ3n) is 3.61. The van der Waals surface area contributed by atoms with Crippen LogP contribution in [0.5, 0.6) is 0 Å². The Morgan fingerprint density at radius 3 is 2.42 bits per heavy atom. The molecule has 2 aliphatic rings. The molecule has 0 radical (unpaired) electrons. The highest BCUT2D eigenvalue weighted by molar-refractivity contribution is 5.70. The SMILES string of the molecule is C=C(C1CC1)C1COC(C)(C)N1C(=O)OC(C)(C)C. The lowest BCUT2D eigenvalue weighted by Crippen LogP contribution is -2.50. The van der Waals surface area contributed by atoms with Crippen LogP contribution < -0.4 is 0 Å². The van der Waals surface area contributed by atoms with Gasteiger partial charge in [-0.15, -0.1) is 0 Å². The second-order valence-electron chi connectivity index (χ2n) is 6.97. The molecule has 0 N–H and O–H groups in total. The first-order valence-corrected chi connectivity index (χ1v) is 6.97. The zero-order chi connectivity index (χ0) is 14.4. The van der Waals surface area contributed by atoms with Crippen LogP contribution in [-0.4, -0.2) is 35.0 Å². The fourth-order valence-corrected chi connectivity index (χ4v) is 2.46. The molecule has 1 aliphatic carbocycles. The van der Waals surface area contributed by atoms with Crippen molar-refractivity contribution in [1.82, 2.24) is 4.90 Å². The molecule has 2 rings (SSSR count). The van der Waals surface area contributed by atoms with Crippen LogP contribution in [0.1, 0.15) is 47.5 Å². The minimum absolute atomic E-state index is 0.0580. The summed E-state index contributed by atoms with van der Waals surface area (Å²) in [5.41, 5.74) is -0.0251. The van der Waals surface area contributed by atoms with E-state index in [0.29, 0.717) is 12.5 Å². The van der Waals surface area contributed by atoms with Gasteiger partial charge in [0.25, 0.3) is 0 Å². The highest BCUT2D eigenvalue weighted by Crippen LogP contribution is 2.42. The summed E-state index contributed by atoms with van der Waals surface area (Å²) in [4.78, 5) is 14.1. The standard InChI is InChI=1S/C15H25NO3/c1-10(11-7-8-11)12-9-18-15(5,6)16(12)13(17)19-14(2,3)4/h11-12H,1,7-9H2,2-6H3. The van der Waals surface area contributed by atoms with E-state index in [1.54, 1.807) is 4.90 Å². The fourth-order valence-electron chi connectivity index (χ4n) is 2.46. The van der Waals surface area contributed by atoms with Gasteiger partial charge in [-0.1, -0.05) is 6.58 Å². The number of amides is 1. The summed E-state index contributed by atoms with van der Waals surface area (Å²) >= 11 is 0. The predicted octanol–water partition coefficient (Wildman–Crippen LogP) is 3.32. The van der Waals surface area contributed by atoms with Gasteiger partial charge >= 0.3 is 6.09 Å². The second-order valence-corrected chi connectivity index (χ2v) is 6.97. The van der Waals surface area contributed by atoms with Gasteiger partial charge in [0.05, 0.1) is 12.6 Å². The molecule has 1 amide bonds. The lowest BCUT2D eigenvalue weighted by molar-refractivity contribution is -0.0614. The first kappa shape index (κ1) is 14.4. The Labute approximate surface area is 115 Å². The Bertz CT molecular complexity index is 391. The van der Waals surface area contributed by atoms with Gasteiger partial charge in [-0.25, -0.2) is 4.79 Å². The van der Waals surface area contributed by atoms with Crippen LogP contribution in [0.15, 0.2) is 12.2 Å². The van der Waals surface area contributed by atoms with Crippen LogP contribution in [-0.2, 0) is 9.47 Å². The molecule has 0 aromatic heterocycles. The molecule has 2 fully saturated rings. The number of nitrogens with zero attached hydrogens (tertiary/aromatic N) is 1. The smallest absolute Gasteiger partial charge is 0.413 e. The van der Waals surface area contributed by atoms with E-state index >= 15 is 0 Å². The Morgan fingerprint density at radius 1 is 1.37 bits per heavy atom. The quantitative estimate of drug-likeness (QED) is 0.720. The number of carbonyl (C=O) groups is 1. The average Bonchev–Trinajstić information content (AvgIpc) is 2.99. The van der Waals surface area contributed by atoms with E-state index in [4.69, 9.17) is 9.47 Å². The Kier molecular flexibility index (Phi) is 3.42. The van der Waals surface area contributed by atoms with Gasteiger partial charge in [-0.05, 0) is 59.0 Å². The number of rotatable bonds is 2. The van der Waals surface area contributed by atoms with Crippen molar-refractivity contribution in [2.45, 2.75) is 64.8 Å².